The van der Waals surface area contributed by atoms with Gasteiger partial charge in [0.25, 0.3) is 0 Å². The van der Waals surface area contributed by atoms with Crippen LogP contribution in [-0.2, 0) is 6.54 Å². The van der Waals surface area contributed by atoms with Gasteiger partial charge in [-0.3, -0.25) is 0 Å². The molecule has 2 N–H and O–H groups in total. The number of pyridine rings is 1. The van der Waals surface area contributed by atoms with Crippen molar-refractivity contribution in [1.82, 2.24) is 4.98 Å². The Hall–Kier alpha value is -1.61. The van der Waals surface area contributed by atoms with E-state index in [-0.39, 0.29) is 0 Å². The second-order valence-corrected chi connectivity index (χ2v) is 6.11. The van der Waals surface area contributed by atoms with Crippen LogP contribution in [0.15, 0.2) is 30.5 Å². The minimum absolute atomic E-state index is 0.543. The zero-order chi connectivity index (χ0) is 14.7. The molecular formula is C18H25N3. The standard InChI is InChI=1S/C18H25N3/c1-21(15-8-4-2-3-5-9-15)18-17-11-7-6-10-16(17)14(12-19)13-20-18/h6-7,10-11,13,15H,2-5,8-9,12,19H2,1H3. The first-order chi connectivity index (χ1) is 10.3. The van der Waals surface area contributed by atoms with Gasteiger partial charge in [0.05, 0.1) is 0 Å². The van der Waals surface area contributed by atoms with E-state index in [1.807, 2.05) is 6.20 Å². The van der Waals surface area contributed by atoms with Crippen LogP contribution in [0.4, 0.5) is 5.82 Å². The van der Waals surface area contributed by atoms with Crippen molar-refractivity contribution < 1.29 is 0 Å². The number of fused-ring (bicyclic) bond motifs is 1. The number of rotatable bonds is 3. The third-order valence-electron chi connectivity index (χ3n) is 4.78. The number of nitrogens with zero attached hydrogens (tertiary/aromatic N) is 2. The average Bonchev–Trinajstić information content (AvgIpc) is 2.82. The molecule has 0 atom stereocenters. The monoisotopic (exact) mass is 283 g/mol. The lowest BCUT2D eigenvalue weighted by molar-refractivity contribution is 0.550. The highest BCUT2D eigenvalue weighted by Gasteiger charge is 2.20. The summed E-state index contributed by atoms with van der Waals surface area (Å²) in [7, 11) is 2.20. The minimum atomic E-state index is 0.543. The third-order valence-corrected chi connectivity index (χ3v) is 4.78. The number of hydrogen-bond acceptors (Lipinski definition) is 3. The van der Waals surface area contributed by atoms with Crippen LogP contribution in [0.25, 0.3) is 10.8 Å². The number of hydrogen-bond donors (Lipinski definition) is 1. The lowest BCUT2D eigenvalue weighted by atomic mass is 10.0. The molecule has 0 radical (unpaired) electrons. The summed E-state index contributed by atoms with van der Waals surface area (Å²) in [4.78, 5) is 7.13. The van der Waals surface area contributed by atoms with Gasteiger partial charge in [-0.15, -0.1) is 0 Å². The Kier molecular flexibility index (Phi) is 4.39. The molecule has 3 rings (SSSR count). The van der Waals surface area contributed by atoms with Crippen LogP contribution in [0.3, 0.4) is 0 Å². The van der Waals surface area contributed by atoms with Gasteiger partial charge in [-0.05, 0) is 23.8 Å². The first-order valence-corrected chi connectivity index (χ1v) is 8.11. The average molecular weight is 283 g/mol. The van der Waals surface area contributed by atoms with Gasteiger partial charge >= 0.3 is 0 Å². The predicted octanol–water partition coefficient (Wildman–Crippen LogP) is 3.85. The molecule has 1 aliphatic rings. The van der Waals surface area contributed by atoms with Gasteiger partial charge < -0.3 is 10.6 Å². The smallest absolute Gasteiger partial charge is 0.136 e. The van der Waals surface area contributed by atoms with Gasteiger partial charge in [-0.25, -0.2) is 4.98 Å². The molecule has 0 spiro atoms. The molecule has 3 nitrogen and oxygen atoms in total. The molecule has 112 valence electrons. The van der Waals surface area contributed by atoms with Crippen molar-refractivity contribution in [3.05, 3.63) is 36.0 Å². The van der Waals surface area contributed by atoms with Gasteiger partial charge in [0.1, 0.15) is 5.82 Å². The molecule has 0 aliphatic heterocycles. The largest absolute Gasteiger partial charge is 0.356 e. The van der Waals surface area contributed by atoms with Crippen molar-refractivity contribution in [3.63, 3.8) is 0 Å². The van der Waals surface area contributed by atoms with E-state index in [2.05, 4.69) is 36.2 Å². The Morgan fingerprint density at radius 2 is 1.76 bits per heavy atom. The van der Waals surface area contributed by atoms with Crippen molar-refractivity contribution >= 4 is 16.6 Å². The van der Waals surface area contributed by atoms with E-state index in [0.29, 0.717) is 12.6 Å². The molecule has 0 bridgehead atoms. The summed E-state index contributed by atoms with van der Waals surface area (Å²) in [5, 5.41) is 2.47. The minimum Gasteiger partial charge on any atom is -0.356 e. The van der Waals surface area contributed by atoms with Crippen LogP contribution in [0.1, 0.15) is 44.1 Å². The van der Waals surface area contributed by atoms with Crippen LogP contribution in [0, 0.1) is 0 Å². The summed E-state index contributed by atoms with van der Waals surface area (Å²) in [6.07, 6.45) is 9.96. The van der Waals surface area contributed by atoms with Crippen molar-refractivity contribution in [2.75, 3.05) is 11.9 Å². The molecular weight excluding hydrogens is 258 g/mol. The van der Waals surface area contributed by atoms with Crippen LogP contribution in [0.5, 0.6) is 0 Å². The molecule has 0 unspecified atom stereocenters. The van der Waals surface area contributed by atoms with Gasteiger partial charge in [0, 0.05) is 31.2 Å². The van der Waals surface area contributed by atoms with E-state index < -0.39 is 0 Å². The summed E-state index contributed by atoms with van der Waals surface area (Å²) < 4.78 is 0. The molecule has 0 saturated heterocycles. The Bertz CT molecular complexity index is 600. The molecule has 2 aromatic rings. The molecule has 3 heteroatoms. The SMILES string of the molecule is CN(c1ncc(CN)c2ccccc12)C1CCCCCC1. The quantitative estimate of drug-likeness (QED) is 0.870. The maximum Gasteiger partial charge on any atom is 0.136 e. The lowest BCUT2D eigenvalue weighted by Gasteiger charge is -2.29. The summed E-state index contributed by atoms with van der Waals surface area (Å²) in [5.41, 5.74) is 6.98. The van der Waals surface area contributed by atoms with E-state index >= 15 is 0 Å². The van der Waals surface area contributed by atoms with Crippen molar-refractivity contribution in [2.45, 2.75) is 51.1 Å². The Labute approximate surface area is 127 Å². The van der Waals surface area contributed by atoms with Gasteiger partial charge in [0.2, 0.25) is 0 Å². The first-order valence-electron chi connectivity index (χ1n) is 8.11. The van der Waals surface area contributed by atoms with Crippen LogP contribution in [0.2, 0.25) is 0 Å². The van der Waals surface area contributed by atoms with Crippen LogP contribution in [-0.4, -0.2) is 18.1 Å². The highest BCUT2D eigenvalue weighted by Crippen LogP contribution is 2.30. The van der Waals surface area contributed by atoms with Gasteiger partial charge in [-0.1, -0.05) is 49.9 Å². The second kappa shape index (κ2) is 6.44. The third kappa shape index (κ3) is 2.88. The normalized spacial score (nSPS) is 16.9. The molecule has 1 aromatic heterocycles. The fourth-order valence-corrected chi connectivity index (χ4v) is 3.50. The maximum atomic E-state index is 5.85. The molecule has 1 fully saturated rings. The van der Waals surface area contributed by atoms with Crippen LogP contribution < -0.4 is 10.6 Å². The molecule has 1 aromatic carbocycles. The van der Waals surface area contributed by atoms with Crippen molar-refractivity contribution in [3.8, 4) is 0 Å². The Morgan fingerprint density at radius 1 is 1.10 bits per heavy atom. The van der Waals surface area contributed by atoms with Gasteiger partial charge in [-0.2, -0.15) is 0 Å². The second-order valence-electron chi connectivity index (χ2n) is 6.11. The highest BCUT2D eigenvalue weighted by atomic mass is 15.2. The number of nitrogens with two attached hydrogens (primary N) is 1. The Morgan fingerprint density at radius 3 is 2.43 bits per heavy atom. The number of aromatic nitrogens is 1. The zero-order valence-electron chi connectivity index (χ0n) is 12.9. The fourth-order valence-electron chi connectivity index (χ4n) is 3.50. The van der Waals surface area contributed by atoms with Gasteiger partial charge in [0.15, 0.2) is 0 Å². The number of benzene rings is 1. The topological polar surface area (TPSA) is 42.2 Å². The summed E-state index contributed by atoms with van der Waals surface area (Å²) in [5.74, 6) is 1.11. The van der Waals surface area contributed by atoms with E-state index in [1.54, 1.807) is 0 Å². The summed E-state index contributed by atoms with van der Waals surface area (Å²) in [6, 6.07) is 9.12. The van der Waals surface area contributed by atoms with E-state index in [1.165, 1.54) is 49.3 Å². The number of anilines is 1. The summed E-state index contributed by atoms with van der Waals surface area (Å²) in [6.45, 7) is 0.543. The summed E-state index contributed by atoms with van der Waals surface area (Å²) >= 11 is 0. The lowest BCUT2D eigenvalue weighted by Crippen LogP contribution is -2.32. The maximum absolute atomic E-state index is 5.85. The fraction of sp³-hybridized carbons (Fsp3) is 0.500. The molecule has 1 aliphatic carbocycles. The molecule has 21 heavy (non-hydrogen) atoms. The molecule has 1 saturated carbocycles. The van der Waals surface area contributed by atoms with E-state index in [9.17, 15) is 0 Å². The highest BCUT2D eigenvalue weighted by molar-refractivity contribution is 5.94. The van der Waals surface area contributed by atoms with Crippen molar-refractivity contribution in [2.24, 2.45) is 5.73 Å². The Balaban J connectivity index is 1.99. The molecule has 0 amide bonds. The van der Waals surface area contributed by atoms with Crippen molar-refractivity contribution in [1.29, 1.82) is 0 Å². The first kappa shape index (κ1) is 14.3. The predicted molar refractivity (Wildman–Crippen MR) is 89.5 cm³/mol. The van der Waals surface area contributed by atoms with E-state index in [0.717, 1.165) is 11.4 Å². The van der Waals surface area contributed by atoms with Crippen LogP contribution >= 0.6 is 0 Å². The zero-order valence-corrected chi connectivity index (χ0v) is 12.9. The molecule has 1 heterocycles. The van der Waals surface area contributed by atoms with E-state index in [4.69, 9.17) is 10.7 Å².